The Kier molecular flexibility index (Phi) is 5.62. The molecule has 4 aromatic heterocycles. The predicted molar refractivity (Wildman–Crippen MR) is 158 cm³/mol. The standard InChI is InChI=1S/C32H27N7O4/c1-38-16-26(33-19-38)29-37-36-28-24-15-23(20-5-3-2-4-6-20)27(34-25(24)11-12-39(28)29)21-7-9-22(10-8-21)31(35-30(40)41)17-32(18-31)42-13-14-43-32/h2-12,15-16,19,35H,13-14,17-18H2,1H3,(H,40,41). The fourth-order valence-electron chi connectivity index (χ4n) is 6.44. The molecular weight excluding hydrogens is 546 g/mol. The maximum absolute atomic E-state index is 11.8. The predicted octanol–water partition coefficient (Wildman–Crippen LogP) is 5.01. The molecule has 1 spiro atoms. The van der Waals surface area contributed by atoms with Gasteiger partial charge >= 0.3 is 6.09 Å². The lowest BCUT2D eigenvalue weighted by Gasteiger charge is -2.52. The number of aromatic nitrogens is 6. The average Bonchev–Trinajstić information content (AvgIpc) is 3.76. The van der Waals surface area contributed by atoms with Crippen molar-refractivity contribution >= 4 is 22.6 Å². The first-order chi connectivity index (χ1) is 20.9. The van der Waals surface area contributed by atoms with Crippen LogP contribution in [-0.4, -0.2) is 59.3 Å². The number of imidazole rings is 1. The Bertz CT molecular complexity index is 2000. The number of nitrogens with zero attached hydrogens (tertiary/aromatic N) is 6. The maximum Gasteiger partial charge on any atom is 0.405 e. The highest BCUT2D eigenvalue weighted by Crippen LogP contribution is 2.53. The molecule has 11 nitrogen and oxygen atoms in total. The number of ether oxygens (including phenoxy) is 2. The molecule has 0 bridgehead atoms. The van der Waals surface area contributed by atoms with Gasteiger partial charge in [-0.3, -0.25) is 4.40 Å². The summed E-state index contributed by atoms with van der Waals surface area (Å²) in [5, 5.41) is 22.2. The quantitative estimate of drug-likeness (QED) is 0.295. The molecule has 1 aliphatic carbocycles. The van der Waals surface area contributed by atoms with Crippen LogP contribution in [0.2, 0.25) is 0 Å². The van der Waals surface area contributed by atoms with E-state index in [2.05, 4.69) is 38.7 Å². The minimum Gasteiger partial charge on any atom is -0.465 e. The molecule has 2 fully saturated rings. The van der Waals surface area contributed by atoms with Crippen LogP contribution in [0.5, 0.6) is 0 Å². The van der Waals surface area contributed by atoms with Crippen molar-refractivity contribution in [2.45, 2.75) is 24.2 Å². The normalized spacial score (nSPS) is 17.0. The van der Waals surface area contributed by atoms with E-state index in [-0.39, 0.29) is 0 Å². The molecule has 6 aromatic rings. The number of hydrogen-bond acceptors (Lipinski definition) is 7. The van der Waals surface area contributed by atoms with Crippen LogP contribution in [0.15, 0.2) is 85.5 Å². The minimum atomic E-state index is -1.08. The van der Waals surface area contributed by atoms with Crippen LogP contribution >= 0.6 is 0 Å². The number of pyridine rings is 2. The van der Waals surface area contributed by atoms with E-state index in [1.165, 1.54) is 0 Å². The molecule has 1 saturated heterocycles. The molecule has 2 aromatic carbocycles. The fourth-order valence-corrected chi connectivity index (χ4v) is 6.44. The lowest BCUT2D eigenvalue weighted by Crippen LogP contribution is -2.63. The zero-order valence-electron chi connectivity index (χ0n) is 23.3. The Morgan fingerprint density at radius 3 is 2.44 bits per heavy atom. The number of amides is 1. The lowest BCUT2D eigenvalue weighted by atomic mass is 9.67. The number of nitrogens with one attached hydrogen (secondary N) is 1. The Balaban J connectivity index is 1.23. The molecule has 0 unspecified atom stereocenters. The number of rotatable bonds is 5. The van der Waals surface area contributed by atoms with Crippen LogP contribution in [0.4, 0.5) is 4.79 Å². The largest absolute Gasteiger partial charge is 0.465 e. The Morgan fingerprint density at radius 1 is 0.977 bits per heavy atom. The number of fused-ring (bicyclic) bond motifs is 3. The summed E-state index contributed by atoms with van der Waals surface area (Å²) in [7, 11) is 1.92. The number of carboxylic acid groups (broad SMARTS) is 1. The van der Waals surface area contributed by atoms with Gasteiger partial charge in [-0.25, -0.2) is 14.8 Å². The lowest BCUT2D eigenvalue weighted by molar-refractivity contribution is -0.244. The maximum atomic E-state index is 11.8. The molecule has 1 aliphatic heterocycles. The van der Waals surface area contributed by atoms with Crippen molar-refractivity contribution < 1.29 is 19.4 Å². The second-order valence-corrected chi connectivity index (χ2v) is 11.2. The minimum absolute atomic E-state index is 0.421. The third-order valence-electron chi connectivity index (χ3n) is 8.40. The van der Waals surface area contributed by atoms with Crippen molar-refractivity contribution in [3.8, 4) is 33.9 Å². The summed E-state index contributed by atoms with van der Waals surface area (Å²) >= 11 is 0. The topological polar surface area (TPSA) is 129 Å². The molecular formula is C32H27N7O4. The molecule has 0 radical (unpaired) electrons. The van der Waals surface area contributed by atoms with Crippen LogP contribution in [0.1, 0.15) is 18.4 Å². The van der Waals surface area contributed by atoms with Crippen LogP contribution in [0, 0.1) is 0 Å². The average molecular weight is 574 g/mol. The Hall–Kier alpha value is -5.13. The van der Waals surface area contributed by atoms with Gasteiger partial charge in [0, 0.05) is 48.8 Å². The van der Waals surface area contributed by atoms with Crippen molar-refractivity contribution in [3.63, 3.8) is 0 Å². The van der Waals surface area contributed by atoms with Crippen molar-refractivity contribution in [2.24, 2.45) is 7.05 Å². The highest BCUT2D eigenvalue weighted by atomic mass is 16.7. The highest BCUT2D eigenvalue weighted by molar-refractivity contribution is 5.98. The van der Waals surface area contributed by atoms with E-state index >= 15 is 0 Å². The van der Waals surface area contributed by atoms with Gasteiger partial charge in [-0.2, -0.15) is 0 Å². The van der Waals surface area contributed by atoms with E-state index in [9.17, 15) is 9.90 Å². The van der Waals surface area contributed by atoms with Gasteiger partial charge in [-0.1, -0.05) is 54.6 Å². The van der Waals surface area contributed by atoms with E-state index < -0.39 is 17.4 Å². The summed E-state index contributed by atoms with van der Waals surface area (Å²) in [5.41, 5.74) is 5.98. The molecule has 214 valence electrons. The van der Waals surface area contributed by atoms with Gasteiger partial charge < -0.3 is 24.5 Å². The Morgan fingerprint density at radius 2 is 1.74 bits per heavy atom. The van der Waals surface area contributed by atoms with E-state index in [1.54, 1.807) is 6.33 Å². The van der Waals surface area contributed by atoms with Gasteiger partial charge in [-0.15, -0.1) is 10.2 Å². The first kappa shape index (κ1) is 25.6. The summed E-state index contributed by atoms with van der Waals surface area (Å²) < 4.78 is 15.4. The van der Waals surface area contributed by atoms with Gasteiger partial charge in [0.05, 0.1) is 36.3 Å². The van der Waals surface area contributed by atoms with Gasteiger partial charge in [0.1, 0.15) is 5.69 Å². The van der Waals surface area contributed by atoms with E-state index in [4.69, 9.17) is 14.5 Å². The van der Waals surface area contributed by atoms with E-state index in [0.29, 0.717) is 37.5 Å². The number of benzene rings is 2. The van der Waals surface area contributed by atoms with E-state index in [1.807, 2.05) is 76.9 Å². The number of carbonyl (C=O) groups is 1. The third-order valence-corrected chi connectivity index (χ3v) is 8.40. The summed E-state index contributed by atoms with van der Waals surface area (Å²) in [6, 6.07) is 22.1. The van der Waals surface area contributed by atoms with Crippen molar-refractivity contribution in [1.82, 2.24) is 34.4 Å². The highest BCUT2D eigenvalue weighted by Gasteiger charge is 2.60. The van der Waals surface area contributed by atoms with Gasteiger partial charge in [-0.05, 0) is 23.3 Å². The number of hydrogen-bond donors (Lipinski definition) is 2. The molecule has 5 heterocycles. The molecule has 0 atom stereocenters. The summed E-state index contributed by atoms with van der Waals surface area (Å²) in [6.07, 6.45) is 5.33. The van der Waals surface area contributed by atoms with Gasteiger partial charge in [0.15, 0.2) is 17.3 Å². The van der Waals surface area contributed by atoms with Crippen LogP contribution < -0.4 is 5.32 Å². The summed E-state index contributed by atoms with van der Waals surface area (Å²) in [5.74, 6) is -0.0566. The molecule has 8 rings (SSSR count). The van der Waals surface area contributed by atoms with Gasteiger partial charge in [0.25, 0.3) is 0 Å². The SMILES string of the molecule is Cn1cnc(-c2nnc3c4cc(-c5ccccc5)c(-c5ccc(C6(NC(=O)O)CC7(C6)OCCO7)cc5)nc4ccn23)c1. The van der Waals surface area contributed by atoms with Crippen LogP contribution in [-0.2, 0) is 22.1 Å². The smallest absolute Gasteiger partial charge is 0.405 e. The Labute approximate surface area is 245 Å². The summed E-state index contributed by atoms with van der Waals surface area (Å²) in [4.78, 5) is 21.3. The second kappa shape index (κ2) is 9.45. The van der Waals surface area contributed by atoms with Crippen LogP contribution in [0.3, 0.4) is 0 Å². The van der Waals surface area contributed by atoms with Crippen molar-refractivity contribution in [1.29, 1.82) is 0 Å². The zero-order valence-corrected chi connectivity index (χ0v) is 23.3. The fraction of sp³-hybridized carbons (Fsp3) is 0.219. The van der Waals surface area contributed by atoms with Crippen molar-refractivity contribution in [2.75, 3.05) is 13.2 Å². The number of aryl methyl sites for hydroxylation is 1. The molecule has 43 heavy (non-hydrogen) atoms. The molecule has 1 saturated carbocycles. The molecule has 2 N–H and O–H groups in total. The first-order valence-corrected chi connectivity index (χ1v) is 14.0. The van der Waals surface area contributed by atoms with Crippen LogP contribution in [0.25, 0.3) is 50.5 Å². The second-order valence-electron chi connectivity index (χ2n) is 11.2. The third kappa shape index (κ3) is 4.16. The zero-order chi connectivity index (χ0) is 29.2. The molecule has 2 aliphatic rings. The monoisotopic (exact) mass is 573 g/mol. The first-order valence-electron chi connectivity index (χ1n) is 14.0. The van der Waals surface area contributed by atoms with Gasteiger partial charge in [0.2, 0.25) is 0 Å². The molecule has 1 amide bonds. The molecule has 11 heteroatoms. The van der Waals surface area contributed by atoms with E-state index in [0.717, 1.165) is 44.5 Å². The van der Waals surface area contributed by atoms with Crippen molar-refractivity contribution in [3.05, 3.63) is 91.0 Å². The summed E-state index contributed by atoms with van der Waals surface area (Å²) in [6.45, 7) is 1.03.